The minimum Gasteiger partial charge on any atom is -0.494 e. The van der Waals surface area contributed by atoms with Crippen molar-refractivity contribution >= 4 is 21.6 Å². The van der Waals surface area contributed by atoms with E-state index >= 15 is 0 Å². The number of hydrogen-bond donors (Lipinski definition) is 1. The van der Waals surface area contributed by atoms with E-state index < -0.39 is 10.0 Å². The van der Waals surface area contributed by atoms with Crippen molar-refractivity contribution in [3.63, 3.8) is 0 Å². The molecule has 1 N–H and O–H groups in total. The smallest absolute Gasteiger partial charge is 0.262 e. The van der Waals surface area contributed by atoms with Gasteiger partial charge in [-0.1, -0.05) is 13.0 Å². The molecule has 0 saturated heterocycles. The van der Waals surface area contributed by atoms with E-state index in [1.165, 1.54) is 4.31 Å². The Morgan fingerprint density at radius 2 is 1.73 bits per heavy atom. The Bertz CT molecular complexity index is 974. The minimum absolute atomic E-state index is 0.123. The number of ether oxygens (including phenoxy) is 2. The van der Waals surface area contributed by atoms with Gasteiger partial charge >= 0.3 is 0 Å². The highest BCUT2D eigenvalue weighted by Crippen LogP contribution is 2.25. The maximum absolute atomic E-state index is 12.4. The molecule has 2 aromatic carbocycles. The topological polar surface area (TPSA) is 84.9 Å². The lowest BCUT2D eigenvalue weighted by Gasteiger charge is -2.28. The summed E-state index contributed by atoms with van der Waals surface area (Å²) in [5.74, 6) is 1.20. The van der Waals surface area contributed by atoms with Crippen molar-refractivity contribution in [3.05, 3.63) is 53.6 Å². The molecular formula is C22H28N2O5S. The first-order valence-electron chi connectivity index (χ1n) is 10.2. The molecule has 30 heavy (non-hydrogen) atoms. The van der Waals surface area contributed by atoms with Gasteiger partial charge in [0.25, 0.3) is 5.91 Å². The maximum atomic E-state index is 12.4. The summed E-state index contributed by atoms with van der Waals surface area (Å²) in [5, 5.41) is 2.82. The first-order chi connectivity index (χ1) is 14.4. The molecule has 0 fully saturated rings. The van der Waals surface area contributed by atoms with Gasteiger partial charge in [0.05, 0.1) is 12.4 Å². The molecule has 0 spiro atoms. The van der Waals surface area contributed by atoms with Crippen LogP contribution in [0.1, 0.15) is 31.4 Å². The van der Waals surface area contributed by atoms with E-state index in [1.807, 2.05) is 32.0 Å². The zero-order valence-corrected chi connectivity index (χ0v) is 18.2. The number of nitrogens with zero attached hydrogens (tertiary/aromatic N) is 1. The summed E-state index contributed by atoms with van der Waals surface area (Å²) in [6.07, 6.45) is 1.27. The highest BCUT2D eigenvalue weighted by atomic mass is 32.2. The highest BCUT2D eigenvalue weighted by molar-refractivity contribution is 7.89. The molecule has 1 aliphatic heterocycles. The number of sulfonamides is 1. The van der Waals surface area contributed by atoms with E-state index in [0.29, 0.717) is 44.0 Å². The summed E-state index contributed by atoms with van der Waals surface area (Å²) in [5.41, 5.74) is 2.66. The van der Waals surface area contributed by atoms with Crippen LogP contribution in [-0.2, 0) is 27.8 Å². The summed E-state index contributed by atoms with van der Waals surface area (Å²) in [7, 11) is -3.24. The van der Waals surface area contributed by atoms with Crippen LogP contribution in [0, 0.1) is 0 Å². The largest absolute Gasteiger partial charge is 0.494 e. The number of hydrogen-bond acceptors (Lipinski definition) is 5. The number of carbonyl (C=O) groups excluding carboxylic acids is 1. The second-order valence-electron chi connectivity index (χ2n) is 7.12. The first kappa shape index (κ1) is 22.1. The first-order valence-corrected chi connectivity index (χ1v) is 11.8. The molecule has 0 saturated carbocycles. The average molecular weight is 433 g/mol. The van der Waals surface area contributed by atoms with Crippen molar-refractivity contribution in [2.24, 2.45) is 0 Å². The summed E-state index contributed by atoms with van der Waals surface area (Å²) in [4.78, 5) is 12.3. The highest BCUT2D eigenvalue weighted by Gasteiger charge is 2.26. The van der Waals surface area contributed by atoms with E-state index in [-0.39, 0.29) is 18.3 Å². The molecule has 162 valence electrons. The van der Waals surface area contributed by atoms with Crippen LogP contribution in [0.2, 0.25) is 0 Å². The predicted octanol–water partition coefficient (Wildman–Crippen LogP) is 3.20. The molecule has 0 radical (unpaired) electrons. The van der Waals surface area contributed by atoms with Crippen LogP contribution < -0.4 is 14.8 Å². The Hall–Kier alpha value is -2.58. The van der Waals surface area contributed by atoms with E-state index in [4.69, 9.17) is 9.47 Å². The summed E-state index contributed by atoms with van der Waals surface area (Å²) < 4.78 is 37.2. The predicted molar refractivity (Wildman–Crippen MR) is 116 cm³/mol. The number of amides is 1. The van der Waals surface area contributed by atoms with Gasteiger partial charge in [0.1, 0.15) is 11.5 Å². The molecule has 0 aromatic heterocycles. The monoisotopic (exact) mass is 432 g/mol. The van der Waals surface area contributed by atoms with Crippen molar-refractivity contribution in [2.45, 2.75) is 33.2 Å². The van der Waals surface area contributed by atoms with Crippen molar-refractivity contribution in [3.8, 4) is 11.5 Å². The van der Waals surface area contributed by atoms with Gasteiger partial charge < -0.3 is 14.8 Å². The second-order valence-corrected chi connectivity index (χ2v) is 9.21. The number of carbonyl (C=O) groups is 1. The van der Waals surface area contributed by atoms with E-state index in [0.717, 1.165) is 16.9 Å². The maximum Gasteiger partial charge on any atom is 0.262 e. The molecule has 1 heterocycles. The molecule has 1 aliphatic rings. The molecule has 0 atom stereocenters. The lowest BCUT2D eigenvalue weighted by atomic mass is 10.0. The van der Waals surface area contributed by atoms with Crippen molar-refractivity contribution in [1.82, 2.24) is 4.31 Å². The molecule has 0 bridgehead atoms. The fourth-order valence-electron chi connectivity index (χ4n) is 3.38. The second kappa shape index (κ2) is 9.95. The van der Waals surface area contributed by atoms with E-state index in [1.54, 1.807) is 24.3 Å². The molecule has 7 nitrogen and oxygen atoms in total. The molecular weight excluding hydrogens is 404 g/mol. The van der Waals surface area contributed by atoms with Crippen molar-refractivity contribution in [2.75, 3.05) is 30.8 Å². The van der Waals surface area contributed by atoms with Crippen LogP contribution in [0.5, 0.6) is 11.5 Å². The fraction of sp³-hybridized carbons (Fsp3) is 0.409. The van der Waals surface area contributed by atoms with Crippen LogP contribution in [-0.4, -0.2) is 44.1 Å². The van der Waals surface area contributed by atoms with Crippen LogP contribution in [0.4, 0.5) is 5.69 Å². The summed E-state index contributed by atoms with van der Waals surface area (Å²) in [6.45, 7) is 5.07. The van der Waals surface area contributed by atoms with Crippen LogP contribution >= 0.6 is 0 Å². The van der Waals surface area contributed by atoms with Crippen molar-refractivity contribution < 1.29 is 22.7 Å². The molecule has 2 aromatic rings. The molecule has 8 heteroatoms. The number of benzene rings is 2. The van der Waals surface area contributed by atoms with Crippen molar-refractivity contribution in [1.29, 1.82) is 0 Å². The van der Waals surface area contributed by atoms with Gasteiger partial charge in [0, 0.05) is 18.8 Å². The van der Waals surface area contributed by atoms with Crippen LogP contribution in [0.3, 0.4) is 0 Å². The van der Waals surface area contributed by atoms with Gasteiger partial charge in [-0.2, -0.15) is 4.31 Å². The molecule has 3 rings (SSSR count). The Kier molecular flexibility index (Phi) is 7.33. The Balaban J connectivity index is 1.58. The Morgan fingerprint density at radius 1 is 1.03 bits per heavy atom. The number of nitrogens with one attached hydrogen (secondary N) is 1. The number of rotatable bonds is 9. The summed E-state index contributed by atoms with van der Waals surface area (Å²) >= 11 is 0. The van der Waals surface area contributed by atoms with Gasteiger partial charge in [-0.15, -0.1) is 0 Å². The van der Waals surface area contributed by atoms with Gasteiger partial charge in [0.15, 0.2) is 6.61 Å². The summed E-state index contributed by atoms with van der Waals surface area (Å²) in [6, 6.07) is 12.7. The molecule has 0 unspecified atom stereocenters. The quantitative estimate of drug-likeness (QED) is 0.658. The average Bonchev–Trinajstić information content (AvgIpc) is 2.73. The Morgan fingerprint density at radius 3 is 2.40 bits per heavy atom. The van der Waals surface area contributed by atoms with Gasteiger partial charge in [-0.25, -0.2) is 8.42 Å². The SMILES string of the molecule is CCCS(=O)(=O)N1CCc2ccc(NC(=O)COc3ccc(OCC)cc3)cc2C1. The lowest BCUT2D eigenvalue weighted by molar-refractivity contribution is -0.118. The van der Waals surface area contributed by atoms with Gasteiger partial charge in [-0.3, -0.25) is 4.79 Å². The zero-order chi connectivity index (χ0) is 21.6. The lowest BCUT2D eigenvalue weighted by Crippen LogP contribution is -2.37. The van der Waals surface area contributed by atoms with Gasteiger partial charge in [-0.05, 0) is 67.3 Å². The zero-order valence-electron chi connectivity index (χ0n) is 17.4. The van der Waals surface area contributed by atoms with E-state index in [9.17, 15) is 13.2 Å². The molecule has 0 aliphatic carbocycles. The Labute approximate surface area is 178 Å². The van der Waals surface area contributed by atoms with E-state index in [2.05, 4.69) is 5.32 Å². The number of anilines is 1. The number of fused-ring (bicyclic) bond motifs is 1. The third-order valence-electron chi connectivity index (χ3n) is 4.83. The van der Waals surface area contributed by atoms with Crippen LogP contribution in [0.25, 0.3) is 0 Å². The minimum atomic E-state index is -3.24. The third-order valence-corrected chi connectivity index (χ3v) is 6.85. The van der Waals surface area contributed by atoms with Gasteiger partial charge in [0.2, 0.25) is 10.0 Å². The normalized spacial score (nSPS) is 14.1. The van der Waals surface area contributed by atoms with Crippen LogP contribution in [0.15, 0.2) is 42.5 Å². The standard InChI is InChI=1S/C22H28N2O5S/c1-3-13-30(26,27)24-12-11-17-5-6-19(14-18(17)15-24)23-22(25)16-29-21-9-7-20(8-10-21)28-4-2/h5-10,14H,3-4,11-13,15-16H2,1-2H3,(H,23,25). The fourth-order valence-corrected chi connectivity index (χ4v) is 4.86. The third kappa shape index (κ3) is 5.73. The molecule has 1 amide bonds.